The third-order valence-corrected chi connectivity index (χ3v) is 2.95. The Bertz CT molecular complexity index is 618. The van der Waals surface area contributed by atoms with E-state index in [1.165, 1.54) is 0 Å². The van der Waals surface area contributed by atoms with Gasteiger partial charge in [0.2, 0.25) is 5.78 Å². The van der Waals surface area contributed by atoms with Crippen molar-refractivity contribution in [3.05, 3.63) is 65.7 Å². The fourth-order valence-corrected chi connectivity index (χ4v) is 1.89. The molecule has 0 unspecified atom stereocenters. The molecule has 21 heavy (non-hydrogen) atoms. The number of benzene rings is 2. The van der Waals surface area contributed by atoms with Crippen molar-refractivity contribution in [3.63, 3.8) is 0 Å². The number of Topliss-reactive ketones (excluding diaryl/α,β-unsaturated/α-hetero) is 1. The van der Waals surface area contributed by atoms with Gasteiger partial charge < -0.3 is 9.94 Å². The summed E-state index contributed by atoms with van der Waals surface area (Å²) >= 11 is 0. The third-order valence-electron chi connectivity index (χ3n) is 2.95. The topological polar surface area (TPSA) is 58.9 Å². The number of oxime groups is 1. The van der Waals surface area contributed by atoms with Crippen LogP contribution >= 0.6 is 0 Å². The lowest BCUT2D eigenvalue weighted by atomic mass is 10.0. The van der Waals surface area contributed by atoms with Gasteiger partial charge in [-0.2, -0.15) is 0 Å². The van der Waals surface area contributed by atoms with Gasteiger partial charge in [-0.1, -0.05) is 42.4 Å². The van der Waals surface area contributed by atoms with Crippen molar-refractivity contribution in [1.29, 1.82) is 0 Å². The SMILES string of the molecule is CCCOc1ccc(/C(=N/O)C(=O)c2ccccc2)cc1. The summed E-state index contributed by atoms with van der Waals surface area (Å²) in [7, 11) is 0. The van der Waals surface area contributed by atoms with E-state index in [1.807, 2.05) is 13.0 Å². The van der Waals surface area contributed by atoms with Gasteiger partial charge in [-0.3, -0.25) is 4.79 Å². The Kier molecular flexibility index (Phi) is 5.10. The van der Waals surface area contributed by atoms with Crippen LogP contribution in [0.25, 0.3) is 0 Å². The van der Waals surface area contributed by atoms with Gasteiger partial charge in [0.05, 0.1) is 6.61 Å². The minimum absolute atomic E-state index is 0.0169. The fraction of sp³-hybridized carbons (Fsp3) is 0.176. The second kappa shape index (κ2) is 7.24. The summed E-state index contributed by atoms with van der Waals surface area (Å²) in [6.45, 7) is 2.67. The van der Waals surface area contributed by atoms with Crippen LogP contribution in [0.1, 0.15) is 29.3 Å². The molecule has 0 aliphatic carbocycles. The number of ether oxygens (including phenoxy) is 1. The molecule has 0 spiro atoms. The zero-order valence-corrected chi connectivity index (χ0v) is 11.8. The van der Waals surface area contributed by atoms with Crippen molar-refractivity contribution in [2.24, 2.45) is 5.16 Å². The van der Waals surface area contributed by atoms with Gasteiger partial charge in [-0.25, -0.2) is 0 Å². The van der Waals surface area contributed by atoms with E-state index >= 15 is 0 Å². The predicted octanol–water partition coefficient (Wildman–Crippen LogP) is 3.54. The highest BCUT2D eigenvalue weighted by Crippen LogP contribution is 2.15. The Morgan fingerprint density at radius 2 is 1.71 bits per heavy atom. The zero-order chi connectivity index (χ0) is 15.1. The van der Waals surface area contributed by atoms with E-state index in [2.05, 4.69) is 5.16 Å². The second-order valence-corrected chi connectivity index (χ2v) is 4.52. The lowest BCUT2D eigenvalue weighted by molar-refractivity contribution is 0.106. The summed E-state index contributed by atoms with van der Waals surface area (Å²) in [6.07, 6.45) is 0.928. The van der Waals surface area contributed by atoms with Crippen LogP contribution in [-0.2, 0) is 0 Å². The average Bonchev–Trinajstić information content (AvgIpc) is 2.55. The third kappa shape index (κ3) is 3.69. The van der Waals surface area contributed by atoms with Gasteiger partial charge in [-0.15, -0.1) is 0 Å². The first-order valence-electron chi connectivity index (χ1n) is 6.81. The molecular formula is C17H17NO3. The van der Waals surface area contributed by atoms with E-state index in [-0.39, 0.29) is 11.5 Å². The molecule has 0 aromatic heterocycles. The maximum Gasteiger partial charge on any atom is 0.215 e. The number of hydrogen-bond acceptors (Lipinski definition) is 4. The Balaban J connectivity index is 2.20. The first kappa shape index (κ1) is 14.8. The number of nitrogens with zero attached hydrogens (tertiary/aromatic N) is 1. The van der Waals surface area contributed by atoms with Crippen molar-refractivity contribution in [3.8, 4) is 5.75 Å². The van der Waals surface area contributed by atoms with Crippen LogP contribution in [0.2, 0.25) is 0 Å². The van der Waals surface area contributed by atoms with Gasteiger partial charge in [0, 0.05) is 11.1 Å². The summed E-state index contributed by atoms with van der Waals surface area (Å²) in [5.41, 5.74) is 1.05. The van der Waals surface area contributed by atoms with Crippen LogP contribution in [0.4, 0.5) is 0 Å². The average molecular weight is 283 g/mol. The van der Waals surface area contributed by atoms with Gasteiger partial charge in [0.25, 0.3) is 0 Å². The van der Waals surface area contributed by atoms with E-state index in [4.69, 9.17) is 9.94 Å². The molecule has 0 bridgehead atoms. The maximum absolute atomic E-state index is 12.3. The zero-order valence-electron chi connectivity index (χ0n) is 11.8. The lowest BCUT2D eigenvalue weighted by Gasteiger charge is -2.07. The van der Waals surface area contributed by atoms with E-state index in [1.54, 1.807) is 48.5 Å². The summed E-state index contributed by atoms with van der Waals surface area (Å²) in [4.78, 5) is 12.3. The number of rotatable bonds is 6. The number of carbonyl (C=O) groups excluding carboxylic acids is 1. The summed E-state index contributed by atoms with van der Waals surface area (Å²) < 4.78 is 5.48. The van der Waals surface area contributed by atoms with Crippen molar-refractivity contribution in [2.45, 2.75) is 13.3 Å². The summed E-state index contributed by atoms with van der Waals surface area (Å²) in [5, 5.41) is 12.3. The monoisotopic (exact) mass is 283 g/mol. The minimum Gasteiger partial charge on any atom is -0.494 e. The highest BCUT2D eigenvalue weighted by Gasteiger charge is 2.16. The van der Waals surface area contributed by atoms with Gasteiger partial charge in [-0.05, 0) is 30.7 Å². The van der Waals surface area contributed by atoms with Crippen molar-refractivity contribution in [1.82, 2.24) is 0 Å². The Morgan fingerprint density at radius 1 is 1.05 bits per heavy atom. The molecule has 4 nitrogen and oxygen atoms in total. The van der Waals surface area contributed by atoms with Crippen LogP contribution in [0.3, 0.4) is 0 Å². The first-order chi connectivity index (χ1) is 10.3. The van der Waals surface area contributed by atoms with E-state index in [0.29, 0.717) is 17.7 Å². The van der Waals surface area contributed by atoms with Crippen LogP contribution in [0.5, 0.6) is 5.75 Å². The molecule has 0 amide bonds. The van der Waals surface area contributed by atoms with E-state index in [0.717, 1.165) is 12.2 Å². The summed E-state index contributed by atoms with van der Waals surface area (Å²) in [6, 6.07) is 15.7. The van der Waals surface area contributed by atoms with Crippen LogP contribution < -0.4 is 4.74 Å². The molecule has 0 radical (unpaired) electrons. The van der Waals surface area contributed by atoms with Crippen LogP contribution in [-0.4, -0.2) is 23.3 Å². The van der Waals surface area contributed by atoms with Gasteiger partial charge in [0.1, 0.15) is 5.75 Å². The van der Waals surface area contributed by atoms with Gasteiger partial charge >= 0.3 is 0 Å². The molecule has 2 aromatic rings. The molecule has 0 heterocycles. The molecule has 0 saturated heterocycles. The van der Waals surface area contributed by atoms with Crippen molar-refractivity contribution in [2.75, 3.05) is 6.61 Å². The molecule has 0 saturated carbocycles. The molecule has 0 fully saturated rings. The molecule has 4 heteroatoms. The second-order valence-electron chi connectivity index (χ2n) is 4.52. The number of ketones is 1. The minimum atomic E-state index is -0.319. The maximum atomic E-state index is 12.3. The smallest absolute Gasteiger partial charge is 0.215 e. The molecule has 0 atom stereocenters. The molecule has 0 aliphatic rings. The molecule has 108 valence electrons. The molecule has 0 aliphatic heterocycles. The standard InChI is InChI=1S/C17H17NO3/c1-2-12-21-15-10-8-13(9-11-15)16(18-20)17(19)14-6-4-3-5-7-14/h3-11,20H,2,12H2,1H3/b18-16-. The largest absolute Gasteiger partial charge is 0.494 e. The Hall–Kier alpha value is -2.62. The Labute approximate surface area is 123 Å². The molecule has 2 rings (SSSR count). The van der Waals surface area contributed by atoms with Gasteiger partial charge in [0.15, 0.2) is 5.71 Å². The normalized spacial score (nSPS) is 11.2. The lowest BCUT2D eigenvalue weighted by Crippen LogP contribution is -2.15. The highest BCUT2D eigenvalue weighted by molar-refractivity contribution is 6.51. The van der Waals surface area contributed by atoms with E-state index in [9.17, 15) is 4.79 Å². The molecular weight excluding hydrogens is 266 g/mol. The first-order valence-corrected chi connectivity index (χ1v) is 6.81. The fourth-order valence-electron chi connectivity index (χ4n) is 1.89. The van der Waals surface area contributed by atoms with Crippen molar-refractivity contribution >= 4 is 11.5 Å². The molecule has 2 aromatic carbocycles. The molecule has 1 N–H and O–H groups in total. The number of hydrogen-bond donors (Lipinski definition) is 1. The van der Waals surface area contributed by atoms with Crippen LogP contribution in [0.15, 0.2) is 59.8 Å². The number of carbonyl (C=O) groups is 1. The predicted molar refractivity (Wildman–Crippen MR) is 81.3 cm³/mol. The van der Waals surface area contributed by atoms with Crippen LogP contribution in [0, 0.1) is 0 Å². The van der Waals surface area contributed by atoms with Crippen molar-refractivity contribution < 1.29 is 14.7 Å². The quantitative estimate of drug-likeness (QED) is 0.382. The van der Waals surface area contributed by atoms with E-state index < -0.39 is 0 Å². The highest BCUT2D eigenvalue weighted by atomic mass is 16.5. The summed E-state index contributed by atoms with van der Waals surface area (Å²) in [5.74, 6) is 0.408. The Morgan fingerprint density at radius 3 is 2.29 bits per heavy atom.